The number of halogens is 1. The van der Waals surface area contributed by atoms with Crippen LogP contribution in [-0.2, 0) is 7.05 Å². The zero-order chi connectivity index (χ0) is 7.72. The Labute approximate surface area is 61.7 Å². The van der Waals surface area contributed by atoms with Crippen LogP contribution in [0, 0.1) is 0 Å². The third kappa shape index (κ3) is 1.11. The highest BCUT2D eigenvalue weighted by atomic mass is 35.5. The van der Waals surface area contributed by atoms with Gasteiger partial charge >= 0.3 is 0 Å². The van der Waals surface area contributed by atoms with Gasteiger partial charge in [0.2, 0.25) is 0 Å². The highest BCUT2D eigenvalue weighted by Gasteiger charge is 1.93. The Morgan fingerprint density at radius 2 is 2.40 bits per heavy atom. The first-order valence-electron chi connectivity index (χ1n) is 2.52. The van der Waals surface area contributed by atoms with Gasteiger partial charge in [0.25, 0.3) is 5.56 Å². The maximum atomic E-state index is 10.7. The molecule has 0 aliphatic heterocycles. The molecule has 0 saturated heterocycles. The van der Waals surface area contributed by atoms with E-state index in [9.17, 15) is 9.90 Å². The molecule has 4 nitrogen and oxygen atoms in total. The molecule has 1 aromatic rings. The first-order valence-corrected chi connectivity index (χ1v) is 2.89. The van der Waals surface area contributed by atoms with Crippen molar-refractivity contribution in [2.75, 3.05) is 0 Å². The van der Waals surface area contributed by atoms with E-state index in [-0.39, 0.29) is 5.15 Å². The normalized spacial score (nSPS) is 9.80. The molecule has 0 radical (unpaired) electrons. The SMILES string of the molecule is Cn1c([O-])nc(Cl)cc1=O. The molecular weight excluding hydrogens is 156 g/mol. The smallest absolute Gasteiger partial charge is 0.254 e. The van der Waals surface area contributed by atoms with E-state index in [2.05, 4.69) is 4.98 Å². The van der Waals surface area contributed by atoms with E-state index in [1.54, 1.807) is 0 Å². The van der Waals surface area contributed by atoms with Gasteiger partial charge in [-0.2, -0.15) is 0 Å². The molecule has 0 bridgehead atoms. The Bertz CT molecular complexity index is 307. The van der Waals surface area contributed by atoms with E-state index in [0.717, 1.165) is 10.6 Å². The second kappa shape index (κ2) is 2.30. The van der Waals surface area contributed by atoms with Crippen LogP contribution in [0.2, 0.25) is 5.15 Å². The molecule has 0 spiro atoms. The first-order chi connectivity index (χ1) is 4.61. The van der Waals surface area contributed by atoms with Crippen molar-refractivity contribution in [3.63, 3.8) is 0 Å². The van der Waals surface area contributed by atoms with Crippen molar-refractivity contribution >= 4 is 11.6 Å². The molecule has 1 heterocycles. The maximum absolute atomic E-state index is 10.7. The predicted octanol–water partition coefficient (Wildman–Crippen LogP) is -0.493. The van der Waals surface area contributed by atoms with Crippen LogP contribution in [0.1, 0.15) is 0 Å². The van der Waals surface area contributed by atoms with Crippen molar-refractivity contribution in [1.82, 2.24) is 9.55 Å². The van der Waals surface area contributed by atoms with E-state index >= 15 is 0 Å². The van der Waals surface area contributed by atoms with Gasteiger partial charge in [-0.1, -0.05) is 11.6 Å². The molecule has 0 fully saturated rings. The van der Waals surface area contributed by atoms with Gasteiger partial charge < -0.3 is 9.67 Å². The summed E-state index contributed by atoms with van der Waals surface area (Å²) in [7, 11) is 1.34. The lowest BCUT2D eigenvalue weighted by atomic mass is 10.6. The fourth-order valence-electron chi connectivity index (χ4n) is 0.492. The van der Waals surface area contributed by atoms with Crippen molar-refractivity contribution < 1.29 is 5.11 Å². The standard InChI is InChI=1S/C5H5ClN2O2/c1-8-4(9)2-3(6)7-5(8)10/h2H,1H3,(H,7,10)/p-1. The molecule has 10 heavy (non-hydrogen) atoms. The Hall–Kier alpha value is -1.03. The molecule has 54 valence electrons. The summed E-state index contributed by atoms with van der Waals surface area (Å²) in [5, 5.41) is 10.6. The topological polar surface area (TPSA) is 57.9 Å². The highest BCUT2D eigenvalue weighted by molar-refractivity contribution is 6.29. The minimum absolute atomic E-state index is 0.0619. The Kier molecular flexibility index (Phi) is 1.63. The summed E-state index contributed by atoms with van der Waals surface area (Å²) in [6, 6.07) is 0.459. The quantitative estimate of drug-likeness (QED) is 0.480. The molecule has 0 amide bonds. The lowest BCUT2D eigenvalue weighted by Gasteiger charge is -2.08. The summed E-state index contributed by atoms with van der Waals surface area (Å²) in [5.74, 6) is 0. The molecule has 1 rings (SSSR count). The van der Waals surface area contributed by atoms with E-state index in [4.69, 9.17) is 11.6 Å². The first kappa shape index (κ1) is 7.08. The largest absolute Gasteiger partial charge is 0.846 e. The van der Waals surface area contributed by atoms with Crippen molar-refractivity contribution in [3.8, 4) is 6.01 Å². The number of rotatable bonds is 0. The number of hydrogen-bond donors (Lipinski definition) is 0. The van der Waals surface area contributed by atoms with Gasteiger partial charge in [0.1, 0.15) is 5.15 Å². The molecule has 5 heteroatoms. The van der Waals surface area contributed by atoms with Crippen molar-refractivity contribution in [1.29, 1.82) is 0 Å². The average Bonchev–Trinajstić information content (AvgIpc) is 1.82. The van der Waals surface area contributed by atoms with Crippen LogP contribution in [0.4, 0.5) is 0 Å². The summed E-state index contributed by atoms with van der Waals surface area (Å²) in [4.78, 5) is 14.0. The third-order valence-corrected chi connectivity index (χ3v) is 1.26. The third-order valence-electron chi connectivity index (χ3n) is 1.06. The average molecular weight is 160 g/mol. The fourth-order valence-corrected chi connectivity index (χ4v) is 0.657. The molecule has 0 aliphatic rings. The molecular formula is C5H4ClN2O2-. The summed E-state index contributed by atoms with van der Waals surface area (Å²) < 4.78 is 0.881. The van der Waals surface area contributed by atoms with Crippen LogP contribution in [-0.4, -0.2) is 9.55 Å². The van der Waals surface area contributed by atoms with E-state index in [1.165, 1.54) is 7.05 Å². The van der Waals surface area contributed by atoms with Crippen molar-refractivity contribution in [2.45, 2.75) is 0 Å². The number of hydrogen-bond acceptors (Lipinski definition) is 3. The second-order valence-corrected chi connectivity index (χ2v) is 2.15. The van der Waals surface area contributed by atoms with E-state index in [0.29, 0.717) is 0 Å². The monoisotopic (exact) mass is 159 g/mol. The zero-order valence-corrected chi connectivity index (χ0v) is 5.92. The maximum Gasteiger partial charge on any atom is 0.254 e. The van der Waals surface area contributed by atoms with Crippen LogP contribution < -0.4 is 10.7 Å². The van der Waals surface area contributed by atoms with Gasteiger partial charge in [0.15, 0.2) is 0 Å². The Morgan fingerprint density at radius 1 is 1.80 bits per heavy atom. The van der Waals surface area contributed by atoms with Crippen LogP contribution in [0.3, 0.4) is 0 Å². The summed E-state index contributed by atoms with van der Waals surface area (Å²) in [5.41, 5.74) is -0.440. The molecule has 0 aromatic carbocycles. The highest BCUT2D eigenvalue weighted by Crippen LogP contribution is 2.01. The van der Waals surface area contributed by atoms with Gasteiger partial charge in [-0.15, -0.1) is 0 Å². The molecule has 1 aromatic heterocycles. The summed E-state index contributed by atoms with van der Waals surface area (Å²) in [6.45, 7) is 0. The number of aromatic nitrogens is 2. The molecule has 0 aliphatic carbocycles. The predicted molar refractivity (Wildman–Crippen MR) is 33.9 cm³/mol. The Balaban J connectivity index is 3.46. The van der Waals surface area contributed by atoms with Crippen LogP contribution in [0.5, 0.6) is 6.01 Å². The fraction of sp³-hybridized carbons (Fsp3) is 0.200. The van der Waals surface area contributed by atoms with Gasteiger partial charge in [-0.25, -0.2) is 4.98 Å². The zero-order valence-electron chi connectivity index (χ0n) is 5.17. The van der Waals surface area contributed by atoms with E-state index in [1.807, 2.05) is 0 Å². The molecule has 0 atom stereocenters. The Morgan fingerprint density at radius 3 is 2.90 bits per heavy atom. The minimum atomic E-state index is -0.627. The molecule has 0 unspecified atom stereocenters. The van der Waals surface area contributed by atoms with E-state index < -0.39 is 11.6 Å². The van der Waals surface area contributed by atoms with Crippen molar-refractivity contribution in [2.24, 2.45) is 7.05 Å². The minimum Gasteiger partial charge on any atom is -0.846 e. The van der Waals surface area contributed by atoms with Crippen LogP contribution >= 0.6 is 11.6 Å². The lowest BCUT2D eigenvalue weighted by molar-refractivity contribution is -0.286. The van der Waals surface area contributed by atoms with Gasteiger partial charge in [-0.05, 0) is 0 Å². The van der Waals surface area contributed by atoms with Crippen LogP contribution in [0.15, 0.2) is 10.9 Å². The summed E-state index contributed by atoms with van der Waals surface area (Å²) in [6.07, 6.45) is 0. The van der Waals surface area contributed by atoms with Gasteiger partial charge in [0.05, 0.1) is 6.01 Å². The molecule has 0 N–H and O–H groups in total. The second-order valence-electron chi connectivity index (χ2n) is 1.76. The van der Waals surface area contributed by atoms with Crippen LogP contribution in [0.25, 0.3) is 0 Å². The lowest BCUT2D eigenvalue weighted by Crippen LogP contribution is -2.20. The number of nitrogens with zero attached hydrogens (tertiary/aromatic N) is 2. The van der Waals surface area contributed by atoms with Gasteiger partial charge in [-0.3, -0.25) is 4.79 Å². The van der Waals surface area contributed by atoms with Gasteiger partial charge in [0, 0.05) is 13.1 Å². The van der Waals surface area contributed by atoms with Crippen molar-refractivity contribution in [3.05, 3.63) is 21.6 Å². The summed E-state index contributed by atoms with van der Waals surface area (Å²) >= 11 is 5.30. The molecule has 0 saturated carbocycles.